The molecule has 0 aromatic rings. The summed E-state index contributed by atoms with van der Waals surface area (Å²) in [5, 5.41) is 3.87. The third-order valence-corrected chi connectivity index (χ3v) is 5.25. The highest BCUT2D eigenvalue weighted by atomic mass is 16.5. The molecule has 2 aliphatic heterocycles. The second-order valence-corrected chi connectivity index (χ2v) is 6.48. The Morgan fingerprint density at radius 2 is 1.89 bits per heavy atom. The summed E-state index contributed by atoms with van der Waals surface area (Å²) < 4.78 is 11.6. The van der Waals surface area contributed by atoms with Crippen LogP contribution in [0.3, 0.4) is 0 Å². The van der Waals surface area contributed by atoms with E-state index in [1.807, 2.05) is 0 Å². The van der Waals surface area contributed by atoms with E-state index in [0.29, 0.717) is 12.1 Å². The normalized spacial score (nSPS) is 34.2. The predicted octanol–water partition coefficient (Wildman–Crippen LogP) is 2.49. The molecule has 1 saturated carbocycles. The molecule has 3 aliphatic rings. The van der Waals surface area contributed by atoms with Crippen LogP contribution < -0.4 is 5.32 Å². The molecule has 3 nitrogen and oxygen atoms in total. The SMILES string of the molecule is CC(NC1CCOC2(CCOCC2)C1)C1CCC1. The lowest BCUT2D eigenvalue weighted by atomic mass is 9.79. The lowest BCUT2D eigenvalue weighted by molar-refractivity contribution is -0.141. The van der Waals surface area contributed by atoms with E-state index in [4.69, 9.17) is 9.47 Å². The zero-order valence-corrected chi connectivity index (χ0v) is 11.6. The van der Waals surface area contributed by atoms with Gasteiger partial charge in [-0.2, -0.15) is 0 Å². The highest BCUT2D eigenvalue weighted by Crippen LogP contribution is 2.35. The molecule has 0 bridgehead atoms. The summed E-state index contributed by atoms with van der Waals surface area (Å²) in [5.74, 6) is 0.929. The summed E-state index contributed by atoms with van der Waals surface area (Å²) in [6.07, 6.45) is 8.83. The van der Waals surface area contributed by atoms with Crippen LogP contribution in [0.1, 0.15) is 51.9 Å². The third-order valence-electron chi connectivity index (χ3n) is 5.25. The van der Waals surface area contributed by atoms with Gasteiger partial charge in [-0.1, -0.05) is 6.42 Å². The van der Waals surface area contributed by atoms with Crippen molar-refractivity contribution in [2.75, 3.05) is 19.8 Å². The zero-order valence-electron chi connectivity index (χ0n) is 11.6. The molecule has 1 N–H and O–H groups in total. The number of hydrogen-bond acceptors (Lipinski definition) is 3. The molecule has 18 heavy (non-hydrogen) atoms. The molecule has 2 heterocycles. The molecule has 3 rings (SSSR count). The van der Waals surface area contributed by atoms with Crippen LogP contribution >= 0.6 is 0 Å². The van der Waals surface area contributed by atoms with Crippen LogP contribution in [0.15, 0.2) is 0 Å². The van der Waals surface area contributed by atoms with E-state index in [1.54, 1.807) is 0 Å². The van der Waals surface area contributed by atoms with Crippen LogP contribution in [-0.2, 0) is 9.47 Å². The highest BCUT2D eigenvalue weighted by molar-refractivity contribution is 4.93. The molecule has 2 unspecified atom stereocenters. The largest absolute Gasteiger partial charge is 0.381 e. The Balaban J connectivity index is 1.52. The Morgan fingerprint density at radius 3 is 2.56 bits per heavy atom. The van der Waals surface area contributed by atoms with Crippen molar-refractivity contribution in [2.45, 2.75) is 69.6 Å². The maximum absolute atomic E-state index is 6.10. The molecule has 1 spiro atoms. The summed E-state index contributed by atoms with van der Waals surface area (Å²) in [7, 11) is 0. The topological polar surface area (TPSA) is 30.5 Å². The number of rotatable bonds is 3. The van der Waals surface area contributed by atoms with Crippen LogP contribution in [0.2, 0.25) is 0 Å². The summed E-state index contributed by atoms with van der Waals surface area (Å²) in [6, 6.07) is 1.35. The van der Waals surface area contributed by atoms with E-state index >= 15 is 0 Å². The molecule has 0 amide bonds. The van der Waals surface area contributed by atoms with Crippen molar-refractivity contribution in [1.82, 2.24) is 5.32 Å². The first kappa shape index (κ1) is 12.9. The van der Waals surface area contributed by atoms with Gasteiger partial charge < -0.3 is 14.8 Å². The number of hydrogen-bond donors (Lipinski definition) is 1. The average molecular weight is 253 g/mol. The third kappa shape index (κ3) is 2.73. The Morgan fingerprint density at radius 1 is 1.11 bits per heavy atom. The second-order valence-electron chi connectivity index (χ2n) is 6.48. The van der Waals surface area contributed by atoms with Gasteiger partial charge in [0.2, 0.25) is 0 Å². The first-order chi connectivity index (χ1) is 8.77. The lowest BCUT2D eigenvalue weighted by Gasteiger charge is -2.45. The van der Waals surface area contributed by atoms with Gasteiger partial charge in [0.25, 0.3) is 0 Å². The molecule has 3 fully saturated rings. The van der Waals surface area contributed by atoms with Gasteiger partial charge in [-0.25, -0.2) is 0 Å². The summed E-state index contributed by atoms with van der Waals surface area (Å²) in [4.78, 5) is 0. The van der Waals surface area contributed by atoms with Gasteiger partial charge in [-0.05, 0) is 51.4 Å². The molecule has 2 atom stereocenters. The molecule has 0 aromatic carbocycles. The van der Waals surface area contributed by atoms with E-state index < -0.39 is 0 Å². The maximum atomic E-state index is 6.10. The van der Waals surface area contributed by atoms with Crippen molar-refractivity contribution in [3.8, 4) is 0 Å². The molecule has 104 valence electrons. The van der Waals surface area contributed by atoms with Gasteiger partial charge in [-0.15, -0.1) is 0 Å². The van der Waals surface area contributed by atoms with Crippen molar-refractivity contribution in [1.29, 1.82) is 0 Å². The van der Waals surface area contributed by atoms with Gasteiger partial charge in [0.15, 0.2) is 0 Å². The van der Waals surface area contributed by atoms with Crippen molar-refractivity contribution < 1.29 is 9.47 Å². The molecular weight excluding hydrogens is 226 g/mol. The van der Waals surface area contributed by atoms with Crippen LogP contribution in [0.5, 0.6) is 0 Å². The Bertz CT molecular complexity index is 266. The molecule has 0 radical (unpaired) electrons. The number of nitrogens with one attached hydrogen (secondary N) is 1. The van der Waals surface area contributed by atoms with Gasteiger partial charge in [0.1, 0.15) is 0 Å². The van der Waals surface area contributed by atoms with E-state index in [0.717, 1.165) is 38.6 Å². The van der Waals surface area contributed by atoms with Gasteiger partial charge in [0.05, 0.1) is 5.60 Å². The quantitative estimate of drug-likeness (QED) is 0.838. The molecule has 1 aliphatic carbocycles. The molecule has 0 aromatic heterocycles. The summed E-state index contributed by atoms with van der Waals surface area (Å²) in [6.45, 7) is 5.06. The fourth-order valence-electron chi connectivity index (χ4n) is 3.71. The fourth-order valence-corrected chi connectivity index (χ4v) is 3.71. The number of ether oxygens (including phenoxy) is 2. The fraction of sp³-hybridized carbons (Fsp3) is 1.00. The maximum Gasteiger partial charge on any atom is 0.0741 e. The van der Waals surface area contributed by atoms with E-state index in [1.165, 1.54) is 32.1 Å². The second kappa shape index (κ2) is 5.48. The minimum absolute atomic E-state index is 0.132. The van der Waals surface area contributed by atoms with Crippen molar-refractivity contribution >= 4 is 0 Å². The van der Waals surface area contributed by atoms with Gasteiger partial charge in [0, 0.05) is 31.9 Å². The van der Waals surface area contributed by atoms with Crippen LogP contribution in [0.25, 0.3) is 0 Å². The smallest absolute Gasteiger partial charge is 0.0741 e. The first-order valence-electron chi connectivity index (χ1n) is 7.75. The molecule has 2 saturated heterocycles. The molecular formula is C15H27NO2. The van der Waals surface area contributed by atoms with Gasteiger partial charge >= 0.3 is 0 Å². The van der Waals surface area contributed by atoms with Crippen molar-refractivity contribution in [2.24, 2.45) is 5.92 Å². The van der Waals surface area contributed by atoms with E-state index in [2.05, 4.69) is 12.2 Å². The standard InChI is InChI=1S/C15H27NO2/c1-12(13-3-2-4-13)16-14-5-8-18-15(11-14)6-9-17-10-7-15/h12-14,16H,2-11H2,1H3. The Hall–Kier alpha value is -0.120. The highest BCUT2D eigenvalue weighted by Gasteiger charge is 2.39. The lowest BCUT2D eigenvalue weighted by Crippen LogP contribution is -2.53. The first-order valence-corrected chi connectivity index (χ1v) is 7.75. The predicted molar refractivity (Wildman–Crippen MR) is 71.7 cm³/mol. The monoisotopic (exact) mass is 253 g/mol. The van der Waals surface area contributed by atoms with Crippen LogP contribution in [-0.4, -0.2) is 37.5 Å². The Kier molecular flexibility index (Phi) is 3.92. The minimum Gasteiger partial charge on any atom is -0.381 e. The summed E-state index contributed by atoms with van der Waals surface area (Å²) in [5.41, 5.74) is 0.132. The van der Waals surface area contributed by atoms with Crippen LogP contribution in [0.4, 0.5) is 0 Å². The Labute approximate surface area is 111 Å². The zero-order chi connectivity index (χ0) is 12.4. The molecule has 3 heteroatoms. The van der Waals surface area contributed by atoms with E-state index in [9.17, 15) is 0 Å². The van der Waals surface area contributed by atoms with Gasteiger partial charge in [-0.3, -0.25) is 0 Å². The van der Waals surface area contributed by atoms with Crippen LogP contribution in [0, 0.1) is 5.92 Å². The minimum atomic E-state index is 0.132. The summed E-state index contributed by atoms with van der Waals surface area (Å²) >= 11 is 0. The van der Waals surface area contributed by atoms with E-state index in [-0.39, 0.29) is 5.60 Å². The van der Waals surface area contributed by atoms with Crippen molar-refractivity contribution in [3.63, 3.8) is 0 Å². The van der Waals surface area contributed by atoms with Crippen molar-refractivity contribution in [3.05, 3.63) is 0 Å². The average Bonchev–Trinajstić information content (AvgIpc) is 2.27.